The summed E-state index contributed by atoms with van der Waals surface area (Å²) in [4.78, 5) is 12.8. The van der Waals surface area contributed by atoms with Crippen LogP contribution in [-0.2, 0) is 0 Å². The van der Waals surface area contributed by atoms with E-state index in [0.717, 1.165) is 22.4 Å². The third kappa shape index (κ3) is 4.23. The van der Waals surface area contributed by atoms with Crippen molar-refractivity contribution >= 4 is 23.1 Å². The Hall–Kier alpha value is -3.99. The third-order valence-corrected chi connectivity index (χ3v) is 5.26. The van der Waals surface area contributed by atoms with Crippen molar-refractivity contribution in [3.63, 3.8) is 0 Å². The van der Waals surface area contributed by atoms with Crippen LogP contribution in [0.15, 0.2) is 69.9 Å². The monoisotopic (exact) mass is 428 g/mol. The van der Waals surface area contributed by atoms with Gasteiger partial charge in [-0.2, -0.15) is 0 Å². The molecule has 162 valence electrons. The Labute approximate surface area is 186 Å². The van der Waals surface area contributed by atoms with E-state index < -0.39 is 0 Å². The van der Waals surface area contributed by atoms with Crippen molar-refractivity contribution < 1.29 is 18.6 Å². The lowest BCUT2D eigenvalue weighted by atomic mass is 10.0. The maximum atomic E-state index is 12.8. The lowest BCUT2D eigenvalue weighted by Crippen LogP contribution is -2.02. The molecule has 1 aromatic heterocycles. The normalized spacial score (nSPS) is 11.1. The van der Waals surface area contributed by atoms with Crippen molar-refractivity contribution in [2.75, 3.05) is 21.3 Å². The number of ether oxygens (including phenoxy) is 3. The number of benzene rings is 3. The molecule has 0 bridgehead atoms. The highest BCUT2D eigenvalue weighted by molar-refractivity contribution is 5.86. The molecule has 0 saturated heterocycles. The molecule has 0 aliphatic heterocycles. The Morgan fingerprint density at radius 2 is 1.53 bits per heavy atom. The first-order valence-corrected chi connectivity index (χ1v) is 10.2. The summed E-state index contributed by atoms with van der Waals surface area (Å²) in [6.45, 7) is 1.95. The first-order valence-electron chi connectivity index (χ1n) is 10.2. The molecular formula is C27H24O5. The molecule has 0 aliphatic carbocycles. The zero-order valence-electron chi connectivity index (χ0n) is 18.5. The van der Waals surface area contributed by atoms with E-state index in [4.69, 9.17) is 18.6 Å². The van der Waals surface area contributed by atoms with Crippen LogP contribution in [0, 0.1) is 6.92 Å². The summed E-state index contributed by atoms with van der Waals surface area (Å²) in [6, 6.07) is 18.5. The molecule has 0 atom stereocenters. The van der Waals surface area contributed by atoms with Gasteiger partial charge in [-0.15, -0.1) is 0 Å². The average molecular weight is 428 g/mol. The summed E-state index contributed by atoms with van der Waals surface area (Å²) >= 11 is 0. The molecule has 4 aromatic rings. The van der Waals surface area contributed by atoms with E-state index in [1.165, 1.54) is 6.07 Å². The first kappa shape index (κ1) is 21.2. The molecule has 0 N–H and O–H groups in total. The van der Waals surface area contributed by atoms with Gasteiger partial charge in [-0.3, -0.25) is 4.79 Å². The summed E-state index contributed by atoms with van der Waals surface area (Å²) < 4.78 is 22.5. The van der Waals surface area contributed by atoms with Gasteiger partial charge in [-0.25, -0.2) is 0 Å². The zero-order valence-corrected chi connectivity index (χ0v) is 18.5. The van der Waals surface area contributed by atoms with Crippen molar-refractivity contribution in [1.82, 2.24) is 0 Å². The quantitative estimate of drug-likeness (QED) is 0.355. The average Bonchev–Trinajstić information content (AvgIpc) is 2.82. The Morgan fingerprint density at radius 3 is 2.22 bits per heavy atom. The molecule has 0 amide bonds. The summed E-state index contributed by atoms with van der Waals surface area (Å²) in [7, 11) is 4.82. The second kappa shape index (κ2) is 9.02. The van der Waals surface area contributed by atoms with Gasteiger partial charge < -0.3 is 18.6 Å². The number of methoxy groups -OCH3 is 3. The fourth-order valence-electron chi connectivity index (χ4n) is 3.58. The molecule has 0 aliphatic rings. The van der Waals surface area contributed by atoms with Crippen molar-refractivity contribution in [2.45, 2.75) is 6.92 Å². The van der Waals surface area contributed by atoms with Gasteiger partial charge in [0.2, 0.25) is 0 Å². The molecule has 0 fully saturated rings. The molecule has 0 unspecified atom stereocenters. The molecule has 0 radical (unpaired) electrons. The van der Waals surface area contributed by atoms with Gasteiger partial charge >= 0.3 is 0 Å². The molecule has 5 heteroatoms. The molecule has 32 heavy (non-hydrogen) atoms. The van der Waals surface area contributed by atoms with E-state index >= 15 is 0 Å². The van der Waals surface area contributed by atoms with Gasteiger partial charge in [-0.1, -0.05) is 35.9 Å². The van der Waals surface area contributed by atoms with E-state index in [0.29, 0.717) is 33.8 Å². The number of aryl methyl sites for hydroxylation is 1. The highest BCUT2D eigenvalue weighted by Gasteiger charge is 2.17. The largest absolute Gasteiger partial charge is 0.497 e. The van der Waals surface area contributed by atoms with Crippen LogP contribution in [0.4, 0.5) is 0 Å². The van der Waals surface area contributed by atoms with E-state index in [-0.39, 0.29) is 5.43 Å². The van der Waals surface area contributed by atoms with Crippen molar-refractivity contribution in [2.24, 2.45) is 0 Å². The van der Waals surface area contributed by atoms with E-state index in [2.05, 4.69) is 0 Å². The molecule has 3 aromatic carbocycles. The molecule has 0 spiro atoms. The Balaban J connectivity index is 1.89. The minimum atomic E-state index is -0.104. The molecule has 1 heterocycles. The van der Waals surface area contributed by atoms with Crippen molar-refractivity contribution in [3.05, 3.63) is 87.6 Å². The van der Waals surface area contributed by atoms with E-state index in [1.54, 1.807) is 27.4 Å². The second-order valence-corrected chi connectivity index (χ2v) is 7.37. The fraction of sp³-hybridized carbons (Fsp3) is 0.148. The second-order valence-electron chi connectivity index (χ2n) is 7.37. The molecular weight excluding hydrogens is 404 g/mol. The molecule has 5 nitrogen and oxygen atoms in total. The van der Waals surface area contributed by atoms with Gasteiger partial charge in [0, 0.05) is 12.1 Å². The van der Waals surface area contributed by atoms with Crippen LogP contribution in [0.2, 0.25) is 0 Å². The van der Waals surface area contributed by atoms with Crippen LogP contribution >= 0.6 is 0 Å². The highest BCUT2D eigenvalue weighted by Crippen LogP contribution is 2.38. The van der Waals surface area contributed by atoms with Crippen LogP contribution in [0.3, 0.4) is 0 Å². The molecule has 0 saturated carbocycles. The molecule has 4 rings (SSSR count). The van der Waals surface area contributed by atoms with Crippen molar-refractivity contribution in [1.29, 1.82) is 0 Å². The summed E-state index contributed by atoms with van der Waals surface area (Å²) in [5, 5.41) is 0.552. The predicted octanol–water partition coefficient (Wildman–Crippen LogP) is 5.96. The van der Waals surface area contributed by atoms with Gasteiger partial charge in [0.15, 0.2) is 5.43 Å². The van der Waals surface area contributed by atoms with Crippen LogP contribution < -0.4 is 19.6 Å². The van der Waals surface area contributed by atoms with Crippen molar-refractivity contribution in [3.8, 4) is 28.6 Å². The smallest absolute Gasteiger partial charge is 0.193 e. The SMILES string of the molecule is COc1ccc(/C=C/c2cc(OC)cc(OC)c2-c2cc(=O)c3cc(C)ccc3o2)cc1. The number of hydrogen-bond donors (Lipinski definition) is 0. The third-order valence-electron chi connectivity index (χ3n) is 5.26. The summed E-state index contributed by atoms with van der Waals surface area (Å²) in [6.07, 6.45) is 3.92. The first-order chi connectivity index (χ1) is 15.5. The lowest BCUT2D eigenvalue weighted by molar-refractivity contribution is 0.394. The zero-order chi connectivity index (χ0) is 22.7. The van der Waals surface area contributed by atoms with Crippen LogP contribution in [0.5, 0.6) is 17.2 Å². The van der Waals surface area contributed by atoms with Crippen LogP contribution in [-0.4, -0.2) is 21.3 Å². The number of rotatable bonds is 6. The fourth-order valence-corrected chi connectivity index (χ4v) is 3.58. The van der Waals surface area contributed by atoms with Gasteiger partial charge in [0.05, 0.1) is 32.3 Å². The summed E-state index contributed by atoms with van der Waals surface area (Å²) in [5.41, 5.74) is 3.90. The minimum Gasteiger partial charge on any atom is -0.497 e. The van der Waals surface area contributed by atoms with E-state index in [1.807, 2.05) is 67.6 Å². The van der Waals surface area contributed by atoms with E-state index in [9.17, 15) is 4.79 Å². The van der Waals surface area contributed by atoms with Gasteiger partial charge in [-0.05, 0) is 48.4 Å². The Kier molecular flexibility index (Phi) is 5.99. The lowest BCUT2D eigenvalue weighted by Gasteiger charge is -2.14. The maximum absolute atomic E-state index is 12.8. The standard InChI is InChI=1S/C27H24O5/c1-17-5-12-24-22(13-17)23(28)16-26(32-24)27-19(14-21(30-3)15-25(27)31-4)9-6-18-7-10-20(29-2)11-8-18/h5-16H,1-4H3/b9-6+. The number of hydrogen-bond acceptors (Lipinski definition) is 5. The maximum Gasteiger partial charge on any atom is 0.193 e. The number of fused-ring (bicyclic) bond motifs is 1. The van der Waals surface area contributed by atoms with Crippen LogP contribution in [0.25, 0.3) is 34.4 Å². The topological polar surface area (TPSA) is 57.9 Å². The Bertz CT molecular complexity index is 1350. The highest BCUT2D eigenvalue weighted by atomic mass is 16.5. The van der Waals surface area contributed by atoms with Gasteiger partial charge in [0.1, 0.15) is 28.6 Å². The summed E-state index contributed by atoms with van der Waals surface area (Å²) in [5.74, 6) is 2.41. The minimum absolute atomic E-state index is 0.104. The van der Waals surface area contributed by atoms with Crippen LogP contribution in [0.1, 0.15) is 16.7 Å². The Morgan fingerprint density at radius 1 is 0.781 bits per heavy atom. The van der Waals surface area contributed by atoms with Gasteiger partial charge in [0.25, 0.3) is 0 Å². The predicted molar refractivity (Wildman–Crippen MR) is 128 cm³/mol.